The highest BCUT2D eigenvalue weighted by molar-refractivity contribution is 7.89. The molecule has 0 aliphatic carbocycles. The van der Waals surface area contributed by atoms with Gasteiger partial charge in [-0.1, -0.05) is 0 Å². The van der Waals surface area contributed by atoms with Crippen LogP contribution < -0.4 is 5.32 Å². The third kappa shape index (κ3) is 3.65. The number of piperidine rings is 1. The molecule has 1 amide bonds. The largest absolute Gasteiger partial charge is 0.459 e. The van der Waals surface area contributed by atoms with E-state index in [4.69, 9.17) is 4.42 Å². The second-order valence-electron chi connectivity index (χ2n) is 5.75. The highest BCUT2D eigenvalue weighted by atomic mass is 32.2. The lowest BCUT2D eigenvalue weighted by atomic mass is 10.00. The maximum atomic E-state index is 12.6. The summed E-state index contributed by atoms with van der Waals surface area (Å²) in [4.78, 5) is 16.0. The minimum Gasteiger partial charge on any atom is -0.459 e. The Morgan fingerprint density at radius 3 is 2.96 bits per heavy atom. The Balaban J connectivity index is 1.61. The fourth-order valence-electron chi connectivity index (χ4n) is 2.79. The zero-order chi connectivity index (χ0) is 17.0. The van der Waals surface area contributed by atoms with Gasteiger partial charge in [-0.3, -0.25) is 9.78 Å². The molecule has 0 radical (unpaired) electrons. The molecule has 1 aliphatic heterocycles. The predicted molar refractivity (Wildman–Crippen MR) is 86.8 cm³/mol. The van der Waals surface area contributed by atoms with Gasteiger partial charge in [-0.2, -0.15) is 4.31 Å². The molecule has 1 N–H and O–H groups in total. The Bertz CT molecular complexity index is 775. The molecule has 0 bridgehead atoms. The van der Waals surface area contributed by atoms with E-state index in [1.54, 1.807) is 30.5 Å². The Morgan fingerprint density at radius 2 is 2.25 bits per heavy atom. The van der Waals surface area contributed by atoms with E-state index in [-0.39, 0.29) is 22.5 Å². The Kier molecular flexibility index (Phi) is 4.96. The van der Waals surface area contributed by atoms with Crippen LogP contribution in [0.2, 0.25) is 0 Å². The van der Waals surface area contributed by atoms with E-state index in [2.05, 4.69) is 10.3 Å². The van der Waals surface area contributed by atoms with Crippen molar-refractivity contribution in [3.63, 3.8) is 0 Å². The molecule has 1 aliphatic rings. The van der Waals surface area contributed by atoms with Crippen molar-refractivity contribution in [1.29, 1.82) is 0 Å². The van der Waals surface area contributed by atoms with Gasteiger partial charge in [0.15, 0.2) is 5.76 Å². The SMILES string of the molecule is O=C(NC[C@H]1CCCN(S(=O)(=O)c2cccnc2)C1)c1ccco1. The van der Waals surface area contributed by atoms with Crippen LogP contribution in [0.5, 0.6) is 0 Å². The molecule has 7 nitrogen and oxygen atoms in total. The number of aromatic nitrogens is 1. The number of rotatable bonds is 5. The summed E-state index contributed by atoms with van der Waals surface area (Å²) < 4.78 is 31.8. The molecule has 1 fully saturated rings. The van der Waals surface area contributed by atoms with Crippen LogP contribution in [0.4, 0.5) is 0 Å². The number of amides is 1. The summed E-state index contributed by atoms with van der Waals surface area (Å²) in [5.41, 5.74) is 0. The van der Waals surface area contributed by atoms with E-state index >= 15 is 0 Å². The molecule has 24 heavy (non-hydrogen) atoms. The zero-order valence-corrected chi connectivity index (χ0v) is 13.9. The molecule has 1 atom stereocenters. The van der Waals surface area contributed by atoms with Crippen molar-refractivity contribution in [3.05, 3.63) is 48.7 Å². The molecule has 0 unspecified atom stereocenters. The van der Waals surface area contributed by atoms with Gasteiger partial charge in [0, 0.05) is 32.0 Å². The summed E-state index contributed by atoms with van der Waals surface area (Å²) in [5.74, 6) is 0.0435. The molecule has 2 aromatic heterocycles. The topological polar surface area (TPSA) is 92.5 Å². The summed E-state index contributed by atoms with van der Waals surface area (Å²) in [5, 5.41) is 2.80. The van der Waals surface area contributed by atoms with Gasteiger partial charge < -0.3 is 9.73 Å². The van der Waals surface area contributed by atoms with Crippen molar-refractivity contribution in [1.82, 2.24) is 14.6 Å². The molecule has 0 saturated carbocycles. The van der Waals surface area contributed by atoms with Gasteiger partial charge in [0.2, 0.25) is 10.0 Å². The van der Waals surface area contributed by atoms with Crippen LogP contribution in [0, 0.1) is 5.92 Å². The molecule has 8 heteroatoms. The maximum absolute atomic E-state index is 12.6. The number of hydrogen-bond donors (Lipinski definition) is 1. The van der Waals surface area contributed by atoms with Crippen LogP contribution in [0.1, 0.15) is 23.4 Å². The van der Waals surface area contributed by atoms with Gasteiger partial charge >= 0.3 is 0 Å². The third-order valence-electron chi connectivity index (χ3n) is 4.05. The summed E-state index contributed by atoms with van der Waals surface area (Å²) >= 11 is 0. The maximum Gasteiger partial charge on any atom is 0.286 e. The molecule has 2 aromatic rings. The van der Waals surface area contributed by atoms with E-state index in [1.807, 2.05) is 0 Å². The standard InChI is InChI=1S/C16H19N3O4S/c20-16(15-6-3-9-23-15)18-10-13-4-2-8-19(12-13)24(21,22)14-5-1-7-17-11-14/h1,3,5-7,9,11,13H,2,4,8,10,12H2,(H,18,20)/t13-/m1/s1. The zero-order valence-electron chi connectivity index (χ0n) is 13.1. The Hall–Kier alpha value is -2.19. The van der Waals surface area contributed by atoms with Crippen LogP contribution in [0.15, 0.2) is 52.2 Å². The molecule has 0 spiro atoms. The summed E-state index contributed by atoms with van der Waals surface area (Å²) in [6, 6.07) is 6.40. The van der Waals surface area contributed by atoms with Gasteiger partial charge in [-0.05, 0) is 43.0 Å². The minimum absolute atomic E-state index is 0.0732. The number of carbonyl (C=O) groups is 1. The van der Waals surface area contributed by atoms with Crippen LogP contribution in [0.3, 0.4) is 0 Å². The highest BCUT2D eigenvalue weighted by Crippen LogP contribution is 2.23. The fraction of sp³-hybridized carbons (Fsp3) is 0.375. The van der Waals surface area contributed by atoms with Crippen molar-refractivity contribution >= 4 is 15.9 Å². The van der Waals surface area contributed by atoms with Gasteiger partial charge in [-0.25, -0.2) is 8.42 Å². The molecular formula is C16H19N3O4S. The van der Waals surface area contributed by atoms with Gasteiger partial charge in [0.1, 0.15) is 4.90 Å². The normalized spacial score (nSPS) is 19.1. The molecule has 128 valence electrons. The van der Waals surface area contributed by atoms with Crippen molar-refractivity contribution in [2.24, 2.45) is 5.92 Å². The number of furan rings is 1. The number of pyridine rings is 1. The van der Waals surface area contributed by atoms with Crippen LogP contribution >= 0.6 is 0 Å². The van der Waals surface area contributed by atoms with Gasteiger partial charge in [0.25, 0.3) is 5.91 Å². The van der Waals surface area contributed by atoms with E-state index < -0.39 is 10.0 Å². The predicted octanol–water partition coefficient (Wildman–Crippen LogP) is 1.51. The van der Waals surface area contributed by atoms with Crippen LogP contribution in [0.25, 0.3) is 0 Å². The second kappa shape index (κ2) is 7.14. The first kappa shape index (κ1) is 16.7. The average molecular weight is 349 g/mol. The number of nitrogens with zero attached hydrogens (tertiary/aromatic N) is 2. The fourth-order valence-corrected chi connectivity index (χ4v) is 4.31. The number of sulfonamides is 1. The Morgan fingerprint density at radius 1 is 1.38 bits per heavy atom. The van der Waals surface area contributed by atoms with E-state index in [0.29, 0.717) is 19.6 Å². The quantitative estimate of drug-likeness (QED) is 0.883. The van der Waals surface area contributed by atoms with Crippen molar-refractivity contribution in [2.75, 3.05) is 19.6 Å². The van der Waals surface area contributed by atoms with Crippen LogP contribution in [-0.4, -0.2) is 43.2 Å². The average Bonchev–Trinajstić information content (AvgIpc) is 3.15. The number of nitrogens with one attached hydrogen (secondary N) is 1. The summed E-state index contributed by atoms with van der Waals surface area (Å²) in [6.45, 7) is 1.29. The lowest BCUT2D eigenvalue weighted by Crippen LogP contribution is -2.43. The van der Waals surface area contributed by atoms with E-state index in [0.717, 1.165) is 12.8 Å². The number of hydrogen-bond acceptors (Lipinski definition) is 5. The molecular weight excluding hydrogens is 330 g/mol. The molecule has 0 aromatic carbocycles. The molecule has 3 rings (SSSR count). The minimum atomic E-state index is -3.54. The van der Waals surface area contributed by atoms with Gasteiger partial charge in [-0.15, -0.1) is 0 Å². The first-order valence-electron chi connectivity index (χ1n) is 7.79. The van der Waals surface area contributed by atoms with Crippen molar-refractivity contribution in [3.8, 4) is 0 Å². The smallest absolute Gasteiger partial charge is 0.286 e. The highest BCUT2D eigenvalue weighted by Gasteiger charge is 2.30. The first-order valence-corrected chi connectivity index (χ1v) is 9.23. The summed E-state index contributed by atoms with van der Waals surface area (Å²) in [6.07, 6.45) is 5.98. The lowest BCUT2D eigenvalue weighted by molar-refractivity contribution is 0.0913. The summed E-state index contributed by atoms with van der Waals surface area (Å²) in [7, 11) is -3.54. The van der Waals surface area contributed by atoms with E-state index in [1.165, 1.54) is 16.8 Å². The molecule has 1 saturated heterocycles. The Labute approximate surface area is 140 Å². The van der Waals surface area contributed by atoms with E-state index in [9.17, 15) is 13.2 Å². The molecule has 3 heterocycles. The second-order valence-corrected chi connectivity index (χ2v) is 7.69. The van der Waals surface area contributed by atoms with Gasteiger partial charge in [0.05, 0.1) is 6.26 Å². The third-order valence-corrected chi connectivity index (χ3v) is 5.90. The lowest BCUT2D eigenvalue weighted by Gasteiger charge is -2.31. The monoisotopic (exact) mass is 349 g/mol. The first-order chi connectivity index (χ1) is 11.6. The van der Waals surface area contributed by atoms with Crippen molar-refractivity contribution in [2.45, 2.75) is 17.7 Å². The van der Waals surface area contributed by atoms with Crippen molar-refractivity contribution < 1.29 is 17.6 Å². The van der Waals surface area contributed by atoms with Crippen LogP contribution in [-0.2, 0) is 10.0 Å². The number of carbonyl (C=O) groups excluding carboxylic acids is 1.